The molecule has 21 heavy (non-hydrogen) atoms. The van der Waals surface area contributed by atoms with Crippen molar-refractivity contribution in [2.24, 2.45) is 0 Å². The number of Topliss-reactive ketones (excluding diaryl/α,β-unsaturated/α-hetero) is 1. The normalized spacial score (nSPS) is 18.1. The number of para-hydroxylation sites is 1. The summed E-state index contributed by atoms with van der Waals surface area (Å²) in [5.41, 5.74) is 0.595. The first kappa shape index (κ1) is 13.3. The molecule has 1 unspecified atom stereocenters. The first-order valence-corrected chi connectivity index (χ1v) is 6.63. The quantitative estimate of drug-likeness (QED) is 0.808. The third-order valence-electron chi connectivity index (χ3n) is 3.43. The van der Waals surface area contributed by atoms with Crippen molar-refractivity contribution in [3.05, 3.63) is 54.4 Å². The molecule has 2 aromatic rings. The molecule has 1 aromatic heterocycles. The van der Waals surface area contributed by atoms with Gasteiger partial charge in [0.1, 0.15) is 11.5 Å². The van der Waals surface area contributed by atoms with E-state index in [1.165, 1.54) is 4.90 Å². The Balaban J connectivity index is 1.76. The molecule has 0 N–H and O–H groups in total. The molecule has 5 nitrogen and oxygen atoms in total. The highest BCUT2D eigenvalue weighted by Crippen LogP contribution is 2.25. The fourth-order valence-corrected chi connectivity index (χ4v) is 2.29. The molecule has 106 valence electrons. The van der Waals surface area contributed by atoms with Gasteiger partial charge in [0.2, 0.25) is 5.78 Å². The summed E-state index contributed by atoms with van der Waals surface area (Å²) in [4.78, 5) is 29.0. The molecule has 1 aliphatic heterocycles. The topological polar surface area (TPSA) is 59.5 Å². The molecule has 1 fully saturated rings. The van der Waals surface area contributed by atoms with Gasteiger partial charge in [-0.15, -0.1) is 0 Å². The van der Waals surface area contributed by atoms with Crippen LogP contribution in [0.15, 0.2) is 48.7 Å². The summed E-state index contributed by atoms with van der Waals surface area (Å²) >= 11 is 0. The number of ketones is 1. The zero-order valence-electron chi connectivity index (χ0n) is 11.5. The second kappa shape index (κ2) is 5.36. The van der Waals surface area contributed by atoms with Gasteiger partial charge in [0.05, 0.1) is 17.8 Å². The van der Waals surface area contributed by atoms with Gasteiger partial charge in [0.25, 0.3) is 5.91 Å². The Morgan fingerprint density at radius 3 is 2.43 bits per heavy atom. The molecular weight excluding hydrogens is 268 g/mol. The molecule has 1 aromatic carbocycles. The van der Waals surface area contributed by atoms with Crippen molar-refractivity contribution in [2.75, 3.05) is 13.6 Å². The molecule has 0 bridgehead atoms. The van der Waals surface area contributed by atoms with E-state index in [1.807, 2.05) is 30.3 Å². The Hall–Kier alpha value is -2.69. The molecule has 1 amide bonds. The second-order valence-electron chi connectivity index (χ2n) is 4.94. The summed E-state index contributed by atoms with van der Waals surface area (Å²) in [6.07, 6.45) is 1.57. The van der Waals surface area contributed by atoms with Crippen molar-refractivity contribution in [3.63, 3.8) is 0 Å². The molecule has 0 saturated carbocycles. The predicted octanol–water partition coefficient (Wildman–Crippen LogP) is 2.00. The Kier molecular flexibility index (Phi) is 3.39. The van der Waals surface area contributed by atoms with Crippen molar-refractivity contribution in [3.8, 4) is 11.5 Å². The maximum absolute atomic E-state index is 11.8. The van der Waals surface area contributed by atoms with Gasteiger partial charge in [0.15, 0.2) is 0 Å². The molecule has 3 rings (SSSR count). The minimum atomic E-state index is -0.478. The molecule has 2 heterocycles. The number of ether oxygens (including phenoxy) is 1. The van der Waals surface area contributed by atoms with Crippen LogP contribution < -0.4 is 4.74 Å². The highest BCUT2D eigenvalue weighted by atomic mass is 16.5. The Morgan fingerprint density at radius 1 is 1.10 bits per heavy atom. The van der Waals surface area contributed by atoms with Crippen LogP contribution in [0.3, 0.4) is 0 Å². The molecular formula is C16H14N2O3. The van der Waals surface area contributed by atoms with Gasteiger partial charge in [-0.3, -0.25) is 14.6 Å². The lowest BCUT2D eigenvalue weighted by atomic mass is 10.0. The van der Waals surface area contributed by atoms with Crippen molar-refractivity contribution >= 4 is 11.7 Å². The first-order valence-electron chi connectivity index (χ1n) is 6.63. The number of hydrogen-bond acceptors (Lipinski definition) is 4. The number of pyridine rings is 1. The average Bonchev–Trinajstić information content (AvgIpc) is 2.77. The number of aromatic nitrogens is 1. The molecule has 0 radical (unpaired) electrons. The van der Waals surface area contributed by atoms with Crippen LogP contribution in [0, 0.1) is 0 Å². The third kappa shape index (κ3) is 2.63. The van der Waals surface area contributed by atoms with Gasteiger partial charge in [-0.25, -0.2) is 0 Å². The summed E-state index contributed by atoms with van der Waals surface area (Å²) in [5.74, 6) is -0.0182. The van der Waals surface area contributed by atoms with Gasteiger partial charge in [-0.05, 0) is 24.3 Å². The maximum Gasteiger partial charge on any atom is 0.290 e. The largest absolute Gasteiger partial charge is 0.456 e. The van der Waals surface area contributed by atoms with E-state index >= 15 is 0 Å². The van der Waals surface area contributed by atoms with Crippen LogP contribution in [0.1, 0.15) is 11.6 Å². The maximum atomic E-state index is 11.8. The Labute approximate surface area is 122 Å². The molecule has 1 atom stereocenters. The van der Waals surface area contributed by atoms with Crippen LogP contribution in [0.4, 0.5) is 0 Å². The van der Waals surface area contributed by atoms with E-state index in [0.717, 1.165) is 5.75 Å². The molecule has 1 saturated heterocycles. The minimum absolute atomic E-state index is 0.379. The van der Waals surface area contributed by atoms with Crippen molar-refractivity contribution in [2.45, 2.75) is 5.92 Å². The number of likely N-dealkylation sites (N-methyl/N-ethyl adjacent to an activating group) is 1. The number of carbonyl (C=O) groups is 2. The lowest BCUT2D eigenvalue weighted by Gasteiger charge is -2.09. The van der Waals surface area contributed by atoms with E-state index in [-0.39, 0.29) is 0 Å². The van der Waals surface area contributed by atoms with Gasteiger partial charge >= 0.3 is 0 Å². The van der Waals surface area contributed by atoms with Gasteiger partial charge in [-0.2, -0.15) is 0 Å². The van der Waals surface area contributed by atoms with E-state index in [4.69, 9.17) is 4.74 Å². The number of likely N-dealkylation sites (tertiary alicyclic amines) is 1. The standard InChI is InChI=1S/C16H14N2O3/c1-18-10-13(15(19)16(18)20)14-8-7-12(9-17-14)21-11-5-3-2-4-6-11/h2-9,13H,10H2,1H3. The van der Waals surface area contributed by atoms with Crippen molar-refractivity contribution in [1.29, 1.82) is 0 Å². The number of hydrogen-bond donors (Lipinski definition) is 0. The number of carbonyl (C=O) groups excluding carboxylic acids is 2. The van der Waals surface area contributed by atoms with E-state index in [2.05, 4.69) is 4.98 Å². The smallest absolute Gasteiger partial charge is 0.290 e. The zero-order valence-corrected chi connectivity index (χ0v) is 11.5. The lowest BCUT2D eigenvalue weighted by Crippen LogP contribution is -2.22. The lowest BCUT2D eigenvalue weighted by molar-refractivity contribution is -0.139. The average molecular weight is 282 g/mol. The Bertz CT molecular complexity index is 668. The zero-order chi connectivity index (χ0) is 14.8. The predicted molar refractivity (Wildman–Crippen MR) is 76.1 cm³/mol. The van der Waals surface area contributed by atoms with Crippen molar-refractivity contribution < 1.29 is 14.3 Å². The fraction of sp³-hybridized carbons (Fsp3) is 0.188. The minimum Gasteiger partial charge on any atom is -0.456 e. The number of amides is 1. The molecule has 0 spiro atoms. The third-order valence-corrected chi connectivity index (χ3v) is 3.43. The van der Waals surface area contributed by atoms with Crippen LogP contribution in [0.25, 0.3) is 0 Å². The summed E-state index contributed by atoms with van der Waals surface area (Å²) in [5, 5.41) is 0. The van der Waals surface area contributed by atoms with Crippen LogP contribution in [0.5, 0.6) is 11.5 Å². The van der Waals surface area contributed by atoms with E-state index in [0.29, 0.717) is 18.0 Å². The van der Waals surface area contributed by atoms with Crippen molar-refractivity contribution in [1.82, 2.24) is 9.88 Å². The Morgan fingerprint density at radius 2 is 1.86 bits per heavy atom. The van der Waals surface area contributed by atoms with Crippen LogP contribution in [0.2, 0.25) is 0 Å². The van der Waals surface area contributed by atoms with Crippen LogP contribution in [-0.2, 0) is 9.59 Å². The number of nitrogens with zero attached hydrogens (tertiary/aromatic N) is 2. The fourth-order valence-electron chi connectivity index (χ4n) is 2.29. The summed E-state index contributed by atoms with van der Waals surface area (Å²) in [7, 11) is 1.62. The molecule has 0 aliphatic carbocycles. The first-order chi connectivity index (χ1) is 10.1. The monoisotopic (exact) mass is 282 g/mol. The van der Waals surface area contributed by atoms with Gasteiger partial charge < -0.3 is 9.64 Å². The van der Waals surface area contributed by atoms with Crippen LogP contribution >= 0.6 is 0 Å². The highest BCUT2D eigenvalue weighted by molar-refractivity contribution is 6.40. The van der Waals surface area contributed by atoms with Crippen LogP contribution in [-0.4, -0.2) is 35.2 Å². The van der Waals surface area contributed by atoms with E-state index in [9.17, 15) is 9.59 Å². The molecule has 1 aliphatic rings. The SMILES string of the molecule is CN1CC(c2ccc(Oc3ccccc3)cn2)C(=O)C1=O. The highest BCUT2D eigenvalue weighted by Gasteiger charge is 2.38. The molecule has 5 heteroatoms. The van der Waals surface area contributed by atoms with E-state index < -0.39 is 17.6 Å². The second-order valence-corrected chi connectivity index (χ2v) is 4.94. The van der Waals surface area contributed by atoms with Gasteiger partial charge in [-0.1, -0.05) is 18.2 Å². The number of benzene rings is 1. The summed E-state index contributed by atoms with van der Waals surface area (Å²) < 4.78 is 5.64. The van der Waals surface area contributed by atoms with Gasteiger partial charge in [0, 0.05) is 13.6 Å². The van der Waals surface area contributed by atoms with E-state index in [1.54, 1.807) is 25.4 Å². The number of rotatable bonds is 3. The summed E-state index contributed by atoms with van der Waals surface area (Å²) in [6, 6.07) is 12.9. The summed E-state index contributed by atoms with van der Waals surface area (Å²) in [6.45, 7) is 0.379.